The van der Waals surface area contributed by atoms with Gasteiger partial charge in [-0.25, -0.2) is 0 Å². The van der Waals surface area contributed by atoms with Crippen LogP contribution in [0, 0.1) is 34.5 Å². The number of fused-ring (bicyclic) bond motifs is 5. The monoisotopic (exact) mass is 302 g/mol. The molecule has 0 aromatic rings. The van der Waals surface area contributed by atoms with E-state index < -0.39 is 0 Å². The van der Waals surface area contributed by atoms with E-state index in [1.54, 1.807) is 5.57 Å². The van der Waals surface area contributed by atoms with Crippen molar-refractivity contribution in [3.05, 3.63) is 11.6 Å². The van der Waals surface area contributed by atoms with Gasteiger partial charge in [0.1, 0.15) is 0 Å². The van der Waals surface area contributed by atoms with Crippen LogP contribution in [0.15, 0.2) is 11.6 Å². The molecule has 22 heavy (non-hydrogen) atoms. The van der Waals surface area contributed by atoms with Crippen LogP contribution in [-0.2, 0) is 0 Å². The van der Waals surface area contributed by atoms with Crippen LogP contribution >= 0.6 is 0 Å². The minimum absolute atomic E-state index is 0.0668. The van der Waals surface area contributed by atoms with E-state index in [9.17, 15) is 5.11 Å². The van der Waals surface area contributed by atoms with Gasteiger partial charge in [0, 0.05) is 0 Å². The molecule has 3 saturated carbocycles. The van der Waals surface area contributed by atoms with Crippen LogP contribution in [0.2, 0.25) is 0 Å². The summed E-state index contributed by atoms with van der Waals surface area (Å²) in [7, 11) is 0. The standard InChI is InChI=1S/C21H34O/c1-4-21-12-9-16(22)13-15(21)6-7-17-18-8-5-14(2)20(18,3)11-10-19(17)21/h6,14,16-19,22H,4-5,7-13H2,1-3H3/t14-,16-,17-,18-,19-,20+,21-/m0/s1. The van der Waals surface area contributed by atoms with Gasteiger partial charge < -0.3 is 5.11 Å². The summed E-state index contributed by atoms with van der Waals surface area (Å²) in [6.07, 6.45) is 14.2. The lowest BCUT2D eigenvalue weighted by atomic mass is 9.46. The van der Waals surface area contributed by atoms with E-state index in [1.165, 1.54) is 44.9 Å². The molecule has 4 aliphatic rings. The van der Waals surface area contributed by atoms with Gasteiger partial charge in [-0.15, -0.1) is 0 Å². The molecule has 0 aromatic heterocycles. The fourth-order valence-corrected chi connectivity index (χ4v) is 7.36. The molecular weight excluding hydrogens is 268 g/mol. The average molecular weight is 303 g/mol. The Hall–Kier alpha value is -0.300. The normalized spacial score (nSPS) is 54.2. The van der Waals surface area contributed by atoms with E-state index in [1.807, 2.05) is 0 Å². The van der Waals surface area contributed by atoms with Crippen LogP contribution in [0.3, 0.4) is 0 Å². The van der Waals surface area contributed by atoms with Crippen molar-refractivity contribution in [3.8, 4) is 0 Å². The van der Waals surface area contributed by atoms with Crippen molar-refractivity contribution in [2.24, 2.45) is 34.5 Å². The average Bonchev–Trinajstić information content (AvgIpc) is 2.82. The maximum atomic E-state index is 10.1. The van der Waals surface area contributed by atoms with E-state index in [4.69, 9.17) is 0 Å². The Morgan fingerprint density at radius 1 is 1.14 bits per heavy atom. The molecule has 0 saturated heterocycles. The molecule has 1 heteroatoms. The first-order valence-electron chi connectivity index (χ1n) is 9.89. The van der Waals surface area contributed by atoms with Crippen molar-refractivity contribution in [3.63, 3.8) is 0 Å². The van der Waals surface area contributed by atoms with Gasteiger partial charge in [0.05, 0.1) is 6.10 Å². The van der Waals surface area contributed by atoms with Gasteiger partial charge in [0.15, 0.2) is 0 Å². The quantitative estimate of drug-likeness (QED) is 0.648. The highest BCUT2D eigenvalue weighted by Crippen LogP contribution is 2.66. The summed E-state index contributed by atoms with van der Waals surface area (Å²) in [5.41, 5.74) is 2.72. The summed E-state index contributed by atoms with van der Waals surface area (Å²) in [6.45, 7) is 7.53. The second kappa shape index (κ2) is 5.10. The molecule has 0 bridgehead atoms. The lowest BCUT2D eigenvalue weighted by Gasteiger charge is -2.59. The number of aliphatic hydroxyl groups excluding tert-OH is 1. The molecule has 0 unspecified atom stereocenters. The van der Waals surface area contributed by atoms with E-state index in [0.29, 0.717) is 10.8 Å². The number of rotatable bonds is 1. The van der Waals surface area contributed by atoms with Gasteiger partial charge in [0.25, 0.3) is 0 Å². The molecule has 7 atom stereocenters. The fourth-order valence-electron chi connectivity index (χ4n) is 7.36. The maximum absolute atomic E-state index is 10.1. The third-order valence-electron chi connectivity index (χ3n) is 8.91. The number of hydrogen-bond donors (Lipinski definition) is 1. The lowest BCUT2D eigenvalue weighted by Crippen LogP contribution is -2.51. The highest BCUT2D eigenvalue weighted by Gasteiger charge is 2.58. The van der Waals surface area contributed by atoms with Crippen LogP contribution in [0.5, 0.6) is 0 Å². The second-order valence-electron chi connectivity index (χ2n) is 9.27. The molecule has 0 radical (unpaired) electrons. The molecular formula is C21H34O. The lowest BCUT2D eigenvalue weighted by molar-refractivity contribution is -0.0556. The van der Waals surface area contributed by atoms with Crippen LogP contribution in [0.1, 0.15) is 78.6 Å². The molecule has 0 spiro atoms. The van der Waals surface area contributed by atoms with E-state index in [0.717, 1.165) is 36.5 Å². The second-order valence-corrected chi connectivity index (χ2v) is 9.27. The van der Waals surface area contributed by atoms with E-state index in [2.05, 4.69) is 26.8 Å². The minimum Gasteiger partial charge on any atom is -0.393 e. The molecule has 0 heterocycles. The Morgan fingerprint density at radius 2 is 1.95 bits per heavy atom. The van der Waals surface area contributed by atoms with Crippen LogP contribution in [0.4, 0.5) is 0 Å². The zero-order chi connectivity index (χ0) is 15.5. The Labute approximate surface area is 136 Å². The molecule has 3 fully saturated rings. The third-order valence-corrected chi connectivity index (χ3v) is 8.91. The molecule has 1 nitrogen and oxygen atoms in total. The first-order valence-corrected chi connectivity index (χ1v) is 9.89. The Balaban J connectivity index is 1.70. The predicted molar refractivity (Wildman–Crippen MR) is 91.5 cm³/mol. The van der Waals surface area contributed by atoms with Gasteiger partial charge in [0.2, 0.25) is 0 Å². The molecule has 124 valence electrons. The maximum Gasteiger partial charge on any atom is 0.0577 e. The first-order chi connectivity index (χ1) is 10.5. The summed E-state index contributed by atoms with van der Waals surface area (Å²) in [5, 5.41) is 10.1. The first kappa shape index (κ1) is 15.2. The Morgan fingerprint density at radius 3 is 2.73 bits per heavy atom. The molecule has 0 amide bonds. The summed E-state index contributed by atoms with van der Waals surface area (Å²) in [5.74, 6) is 3.74. The molecule has 4 rings (SSSR count). The zero-order valence-electron chi connectivity index (χ0n) is 14.8. The highest BCUT2D eigenvalue weighted by atomic mass is 16.3. The van der Waals surface area contributed by atoms with Gasteiger partial charge in [-0.1, -0.05) is 32.4 Å². The topological polar surface area (TPSA) is 20.2 Å². The summed E-state index contributed by atoms with van der Waals surface area (Å²) in [6, 6.07) is 0. The van der Waals surface area contributed by atoms with E-state index >= 15 is 0 Å². The minimum atomic E-state index is -0.0668. The summed E-state index contributed by atoms with van der Waals surface area (Å²) < 4.78 is 0. The number of aliphatic hydroxyl groups is 1. The summed E-state index contributed by atoms with van der Waals surface area (Å²) in [4.78, 5) is 0. The van der Waals surface area contributed by atoms with Crippen molar-refractivity contribution in [1.82, 2.24) is 0 Å². The Bertz CT molecular complexity index is 480. The van der Waals surface area contributed by atoms with Crippen molar-refractivity contribution in [2.45, 2.75) is 84.7 Å². The van der Waals surface area contributed by atoms with Crippen LogP contribution in [0.25, 0.3) is 0 Å². The Kier molecular flexibility index (Phi) is 3.53. The van der Waals surface area contributed by atoms with Crippen molar-refractivity contribution < 1.29 is 5.11 Å². The largest absolute Gasteiger partial charge is 0.393 e. The van der Waals surface area contributed by atoms with Gasteiger partial charge in [-0.2, -0.15) is 0 Å². The fraction of sp³-hybridized carbons (Fsp3) is 0.905. The SMILES string of the molecule is CC[C@]12CC[C@H](O)CC1=CC[C@@H]1[C@@H]2CC[C@]2(C)[C@@H](C)CC[C@@H]12. The van der Waals surface area contributed by atoms with Gasteiger partial charge in [-0.3, -0.25) is 0 Å². The van der Waals surface area contributed by atoms with E-state index in [-0.39, 0.29) is 6.10 Å². The van der Waals surface area contributed by atoms with Crippen LogP contribution in [-0.4, -0.2) is 11.2 Å². The van der Waals surface area contributed by atoms with Crippen molar-refractivity contribution in [2.75, 3.05) is 0 Å². The van der Waals surface area contributed by atoms with Crippen molar-refractivity contribution >= 4 is 0 Å². The number of hydrogen-bond acceptors (Lipinski definition) is 1. The predicted octanol–water partition coefficient (Wildman–Crippen LogP) is 5.34. The molecule has 0 aliphatic heterocycles. The molecule has 1 N–H and O–H groups in total. The highest BCUT2D eigenvalue weighted by molar-refractivity contribution is 5.26. The van der Waals surface area contributed by atoms with Crippen molar-refractivity contribution in [1.29, 1.82) is 0 Å². The summed E-state index contributed by atoms with van der Waals surface area (Å²) >= 11 is 0. The number of allylic oxidation sites excluding steroid dienone is 1. The zero-order valence-corrected chi connectivity index (χ0v) is 14.8. The molecule has 4 aliphatic carbocycles. The smallest absolute Gasteiger partial charge is 0.0577 e. The third kappa shape index (κ3) is 1.87. The van der Waals surface area contributed by atoms with Gasteiger partial charge in [-0.05, 0) is 92.3 Å². The van der Waals surface area contributed by atoms with Crippen LogP contribution < -0.4 is 0 Å². The van der Waals surface area contributed by atoms with Gasteiger partial charge >= 0.3 is 0 Å². The molecule has 0 aromatic carbocycles.